The van der Waals surface area contributed by atoms with Crippen molar-refractivity contribution in [3.63, 3.8) is 0 Å². The number of rotatable bonds is 2. The van der Waals surface area contributed by atoms with Crippen molar-refractivity contribution in [1.82, 2.24) is 10.6 Å². The van der Waals surface area contributed by atoms with Crippen molar-refractivity contribution in [3.05, 3.63) is 0 Å². The van der Waals surface area contributed by atoms with Crippen molar-refractivity contribution in [2.75, 3.05) is 13.1 Å². The Morgan fingerprint density at radius 3 is 2.58 bits per heavy atom. The van der Waals surface area contributed by atoms with E-state index in [1.54, 1.807) is 0 Å². The van der Waals surface area contributed by atoms with Crippen LogP contribution in [0, 0.1) is 11.8 Å². The van der Waals surface area contributed by atoms with Crippen molar-refractivity contribution in [2.24, 2.45) is 11.8 Å². The van der Waals surface area contributed by atoms with Gasteiger partial charge < -0.3 is 10.6 Å². The van der Waals surface area contributed by atoms with Crippen molar-refractivity contribution in [2.45, 2.75) is 50.7 Å². The average Bonchev–Trinajstić information content (AvgIpc) is 2.39. The third-order valence-electron chi connectivity index (χ3n) is 4.15. The fourth-order valence-corrected chi connectivity index (χ4v) is 3.01. The van der Waals surface area contributed by atoms with E-state index >= 15 is 0 Å². The summed E-state index contributed by atoms with van der Waals surface area (Å²) in [5, 5.41) is 5.96. The summed E-state index contributed by atoms with van der Waals surface area (Å²) in [5.41, 5.74) is 0. The molecule has 1 saturated heterocycles. The summed E-state index contributed by atoms with van der Waals surface area (Å²) < 4.78 is 38.1. The summed E-state index contributed by atoms with van der Waals surface area (Å²) in [6.07, 6.45) is -0.912. The maximum absolute atomic E-state index is 12.7. The first-order valence-electron chi connectivity index (χ1n) is 7.04. The summed E-state index contributed by atoms with van der Waals surface area (Å²) in [4.78, 5) is 12.0. The van der Waals surface area contributed by atoms with E-state index in [1.165, 1.54) is 0 Å². The zero-order valence-corrected chi connectivity index (χ0v) is 10.9. The van der Waals surface area contributed by atoms with Crippen LogP contribution in [0.1, 0.15) is 38.5 Å². The van der Waals surface area contributed by atoms with Gasteiger partial charge in [0.05, 0.1) is 11.8 Å². The van der Waals surface area contributed by atoms with Crippen LogP contribution in [0.3, 0.4) is 0 Å². The Morgan fingerprint density at radius 1 is 1.16 bits per heavy atom. The third-order valence-corrected chi connectivity index (χ3v) is 4.15. The number of halogens is 3. The van der Waals surface area contributed by atoms with Gasteiger partial charge >= 0.3 is 6.18 Å². The van der Waals surface area contributed by atoms with Gasteiger partial charge in [0, 0.05) is 12.6 Å². The Labute approximate surface area is 111 Å². The Kier molecular flexibility index (Phi) is 4.71. The van der Waals surface area contributed by atoms with Gasteiger partial charge in [0.25, 0.3) is 0 Å². The zero-order valence-electron chi connectivity index (χ0n) is 10.9. The van der Waals surface area contributed by atoms with Gasteiger partial charge in [0.1, 0.15) is 0 Å². The molecule has 0 aromatic carbocycles. The van der Waals surface area contributed by atoms with Gasteiger partial charge in [-0.05, 0) is 38.6 Å². The lowest BCUT2D eigenvalue weighted by molar-refractivity contribution is -0.184. The summed E-state index contributed by atoms with van der Waals surface area (Å²) in [5.74, 6) is -1.42. The van der Waals surface area contributed by atoms with Crippen molar-refractivity contribution < 1.29 is 18.0 Å². The van der Waals surface area contributed by atoms with Crippen LogP contribution in [-0.4, -0.2) is 31.2 Å². The van der Waals surface area contributed by atoms with E-state index in [4.69, 9.17) is 0 Å². The number of hydrogen-bond donors (Lipinski definition) is 2. The molecular formula is C13H21F3N2O. The highest BCUT2D eigenvalue weighted by atomic mass is 19.4. The summed E-state index contributed by atoms with van der Waals surface area (Å²) >= 11 is 0. The minimum Gasteiger partial charge on any atom is -0.353 e. The number of carbonyl (C=O) groups excluding carboxylic acids is 1. The lowest BCUT2D eigenvalue weighted by Crippen LogP contribution is -2.47. The zero-order chi connectivity index (χ0) is 13.9. The fraction of sp³-hybridized carbons (Fsp3) is 0.923. The minimum atomic E-state index is -4.13. The molecule has 0 aromatic heterocycles. The molecule has 3 nitrogen and oxygen atoms in total. The molecule has 2 rings (SSSR count). The lowest BCUT2D eigenvalue weighted by atomic mass is 9.85. The molecule has 3 atom stereocenters. The average molecular weight is 278 g/mol. The Bertz CT molecular complexity index is 314. The van der Waals surface area contributed by atoms with Crippen LogP contribution in [0.25, 0.3) is 0 Å². The third kappa shape index (κ3) is 4.09. The molecule has 2 aliphatic rings. The van der Waals surface area contributed by atoms with Crippen LogP contribution in [0.4, 0.5) is 13.2 Å². The van der Waals surface area contributed by atoms with Crippen LogP contribution in [-0.2, 0) is 4.79 Å². The van der Waals surface area contributed by atoms with E-state index in [-0.39, 0.29) is 30.7 Å². The molecule has 2 N–H and O–H groups in total. The van der Waals surface area contributed by atoms with Crippen LogP contribution in [0.2, 0.25) is 0 Å². The monoisotopic (exact) mass is 278 g/mol. The van der Waals surface area contributed by atoms with Gasteiger partial charge in [-0.1, -0.05) is 6.42 Å². The highest BCUT2D eigenvalue weighted by Crippen LogP contribution is 2.37. The second kappa shape index (κ2) is 6.11. The smallest absolute Gasteiger partial charge is 0.353 e. The van der Waals surface area contributed by atoms with Gasteiger partial charge in [-0.2, -0.15) is 13.2 Å². The first-order chi connectivity index (χ1) is 8.97. The topological polar surface area (TPSA) is 41.1 Å². The molecular weight excluding hydrogens is 257 g/mol. The molecule has 1 heterocycles. The predicted molar refractivity (Wildman–Crippen MR) is 65.5 cm³/mol. The first-order valence-corrected chi connectivity index (χ1v) is 7.04. The molecule has 0 aromatic rings. The van der Waals surface area contributed by atoms with Crippen LogP contribution < -0.4 is 10.6 Å². The normalized spacial score (nSPS) is 32.9. The van der Waals surface area contributed by atoms with E-state index < -0.39 is 12.1 Å². The molecule has 110 valence electrons. The van der Waals surface area contributed by atoms with Gasteiger partial charge in [-0.3, -0.25) is 4.79 Å². The van der Waals surface area contributed by atoms with Crippen LogP contribution in [0.15, 0.2) is 0 Å². The van der Waals surface area contributed by atoms with Crippen LogP contribution >= 0.6 is 0 Å². The fourth-order valence-electron chi connectivity index (χ4n) is 3.01. The molecule has 0 radical (unpaired) electrons. The Balaban J connectivity index is 1.83. The number of alkyl halides is 3. The van der Waals surface area contributed by atoms with Gasteiger partial charge in [-0.15, -0.1) is 0 Å². The SMILES string of the molecule is O=C(NC1CCCC(C(F)(F)F)C1)[C@H]1CCCNC1. The predicted octanol–water partition coefficient (Wildman–Crippen LogP) is 2.22. The molecule has 2 unspecified atom stereocenters. The number of piperidine rings is 1. The molecule has 6 heteroatoms. The second-order valence-electron chi connectivity index (χ2n) is 5.65. The van der Waals surface area contributed by atoms with Gasteiger partial charge in [0.2, 0.25) is 5.91 Å². The van der Waals surface area contributed by atoms with E-state index in [0.717, 1.165) is 19.4 Å². The number of nitrogens with one attached hydrogen (secondary N) is 2. The quantitative estimate of drug-likeness (QED) is 0.813. The van der Waals surface area contributed by atoms with Gasteiger partial charge in [-0.25, -0.2) is 0 Å². The standard InChI is InChI=1S/C13H21F3N2O/c14-13(15,16)10-4-1-5-11(7-10)18-12(19)9-3-2-6-17-8-9/h9-11,17H,1-8H2,(H,18,19)/t9-,10?,11?/m0/s1. The maximum atomic E-state index is 12.7. The lowest BCUT2D eigenvalue weighted by Gasteiger charge is -2.32. The maximum Gasteiger partial charge on any atom is 0.391 e. The van der Waals surface area contributed by atoms with Crippen molar-refractivity contribution in [3.8, 4) is 0 Å². The Morgan fingerprint density at radius 2 is 1.95 bits per heavy atom. The van der Waals surface area contributed by atoms with Gasteiger partial charge in [0.15, 0.2) is 0 Å². The number of amides is 1. The minimum absolute atomic E-state index is 0.0371. The van der Waals surface area contributed by atoms with E-state index in [9.17, 15) is 18.0 Å². The first kappa shape index (κ1) is 14.6. The van der Waals surface area contributed by atoms with E-state index in [1.807, 2.05) is 0 Å². The van der Waals surface area contributed by atoms with Crippen molar-refractivity contribution >= 4 is 5.91 Å². The largest absolute Gasteiger partial charge is 0.391 e. The summed E-state index contributed by atoms with van der Waals surface area (Å²) in [6, 6.07) is -0.310. The highest BCUT2D eigenvalue weighted by Gasteiger charge is 2.42. The van der Waals surface area contributed by atoms with Crippen LogP contribution in [0.5, 0.6) is 0 Å². The van der Waals surface area contributed by atoms with E-state index in [2.05, 4.69) is 10.6 Å². The Hall–Kier alpha value is -0.780. The molecule has 1 saturated carbocycles. The molecule has 0 bridgehead atoms. The molecule has 0 spiro atoms. The molecule has 1 aliphatic carbocycles. The second-order valence-corrected chi connectivity index (χ2v) is 5.65. The highest BCUT2D eigenvalue weighted by molar-refractivity contribution is 5.79. The van der Waals surface area contributed by atoms with E-state index in [0.29, 0.717) is 19.4 Å². The van der Waals surface area contributed by atoms with Crippen molar-refractivity contribution in [1.29, 1.82) is 0 Å². The molecule has 1 amide bonds. The molecule has 1 aliphatic heterocycles. The number of hydrogen-bond acceptors (Lipinski definition) is 2. The summed E-state index contributed by atoms with van der Waals surface area (Å²) in [7, 11) is 0. The molecule has 19 heavy (non-hydrogen) atoms. The molecule has 2 fully saturated rings. The summed E-state index contributed by atoms with van der Waals surface area (Å²) in [6.45, 7) is 1.56. The number of carbonyl (C=O) groups is 1.